The lowest BCUT2D eigenvalue weighted by Gasteiger charge is -2.33. The lowest BCUT2D eigenvalue weighted by atomic mass is 9.95. The first-order chi connectivity index (χ1) is 17.1. The van der Waals surface area contributed by atoms with E-state index in [1.54, 1.807) is 16.2 Å². The summed E-state index contributed by atoms with van der Waals surface area (Å²) in [5.41, 5.74) is 1.93. The number of nitrogens with one attached hydrogen (secondary N) is 1. The number of carbonyl (C=O) groups is 2. The summed E-state index contributed by atoms with van der Waals surface area (Å²) in [6, 6.07) is 11.1. The van der Waals surface area contributed by atoms with Gasteiger partial charge in [-0.2, -0.15) is 0 Å². The highest BCUT2D eigenvalue weighted by Crippen LogP contribution is 2.35. The van der Waals surface area contributed by atoms with E-state index in [1.807, 2.05) is 54.1 Å². The van der Waals surface area contributed by atoms with Crippen LogP contribution in [0.5, 0.6) is 11.5 Å². The van der Waals surface area contributed by atoms with E-state index in [2.05, 4.69) is 5.32 Å². The number of hydrogen-bond acceptors (Lipinski definition) is 6. The van der Waals surface area contributed by atoms with Gasteiger partial charge in [-0.05, 0) is 65.9 Å². The van der Waals surface area contributed by atoms with E-state index in [1.165, 1.54) is 17.8 Å². The van der Waals surface area contributed by atoms with Crippen molar-refractivity contribution in [2.45, 2.75) is 64.1 Å². The van der Waals surface area contributed by atoms with Crippen molar-refractivity contribution < 1.29 is 19.1 Å². The topological polar surface area (TPSA) is 67.9 Å². The predicted molar refractivity (Wildman–Crippen MR) is 138 cm³/mol. The molecule has 1 N–H and O–H groups in total. The molecule has 0 radical (unpaired) electrons. The first-order valence-electron chi connectivity index (χ1n) is 12.1. The second-order valence-electron chi connectivity index (χ2n) is 9.18. The maximum Gasteiger partial charge on any atom is 0.248 e. The maximum atomic E-state index is 13.8. The number of ether oxygens (including phenoxy) is 2. The minimum Gasteiger partial charge on any atom is -0.454 e. The largest absolute Gasteiger partial charge is 0.454 e. The van der Waals surface area contributed by atoms with Crippen LogP contribution in [0.2, 0.25) is 0 Å². The monoisotopic (exact) mass is 510 g/mol. The molecule has 1 saturated carbocycles. The number of fused-ring (bicyclic) bond motifs is 1. The molecule has 2 aliphatic rings. The molecule has 3 aromatic rings. The minimum atomic E-state index is -0.685. The highest BCUT2D eigenvalue weighted by molar-refractivity contribution is 7.10. The van der Waals surface area contributed by atoms with Gasteiger partial charge in [-0.1, -0.05) is 31.4 Å². The zero-order valence-corrected chi connectivity index (χ0v) is 21.5. The van der Waals surface area contributed by atoms with Crippen LogP contribution in [0.1, 0.15) is 59.0 Å². The summed E-state index contributed by atoms with van der Waals surface area (Å²) in [5.74, 6) is 1.21. The second kappa shape index (κ2) is 10.8. The Hall–Kier alpha value is -2.84. The molecule has 5 rings (SSSR count). The number of nitrogens with zero attached hydrogens (tertiary/aromatic N) is 1. The van der Waals surface area contributed by atoms with Crippen LogP contribution in [-0.4, -0.2) is 29.5 Å². The Morgan fingerprint density at radius 2 is 1.89 bits per heavy atom. The zero-order valence-electron chi connectivity index (χ0n) is 19.8. The van der Waals surface area contributed by atoms with E-state index in [0.717, 1.165) is 46.6 Å². The fraction of sp³-hybridized carbons (Fsp3) is 0.407. The third-order valence-electron chi connectivity index (χ3n) is 6.68. The molecule has 0 saturated heterocycles. The van der Waals surface area contributed by atoms with Crippen molar-refractivity contribution in [2.75, 3.05) is 6.79 Å². The van der Waals surface area contributed by atoms with Crippen LogP contribution in [0.4, 0.5) is 0 Å². The molecule has 6 nitrogen and oxygen atoms in total. The molecule has 0 spiro atoms. The number of aryl methyl sites for hydroxylation is 1. The van der Waals surface area contributed by atoms with Crippen LogP contribution >= 0.6 is 22.7 Å². The normalized spacial score (nSPS) is 16.1. The molecule has 1 atom stereocenters. The molecule has 1 aromatic carbocycles. The summed E-state index contributed by atoms with van der Waals surface area (Å²) in [5, 5.41) is 7.26. The van der Waals surface area contributed by atoms with Crippen molar-refractivity contribution in [2.24, 2.45) is 0 Å². The smallest absolute Gasteiger partial charge is 0.248 e. The summed E-state index contributed by atoms with van der Waals surface area (Å²) in [6.45, 7) is 2.51. The number of thiophene rings is 2. The van der Waals surface area contributed by atoms with E-state index in [-0.39, 0.29) is 31.1 Å². The van der Waals surface area contributed by atoms with Crippen molar-refractivity contribution in [1.29, 1.82) is 0 Å². The first kappa shape index (κ1) is 23.9. The van der Waals surface area contributed by atoms with Gasteiger partial charge in [-0.15, -0.1) is 22.7 Å². The number of hydrogen-bond donors (Lipinski definition) is 1. The van der Waals surface area contributed by atoms with E-state index in [0.29, 0.717) is 18.0 Å². The van der Waals surface area contributed by atoms with Crippen LogP contribution in [-0.2, 0) is 22.6 Å². The van der Waals surface area contributed by atoms with Crippen LogP contribution in [0.25, 0.3) is 0 Å². The standard InChI is InChI=1S/C27H30N2O4S2/c1-18-11-13-35-26(18)25(27(31)28-20-6-3-2-4-7-20)29(24(30)15-21-8-5-12-34-21)16-19-9-10-22-23(14-19)33-17-32-22/h5,8-14,20,25H,2-4,6-7,15-17H2,1H3,(H,28,31). The van der Waals surface area contributed by atoms with Crippen LogP contribution < -0.4 is 14.8 Å². The molecule has 2 aromatic heterocycles. The van der Waals surface area contributed by atoms with Crippen molar-refractivity contribution in [3.05, 3.63) is 68.0 Å². The van der Waals surface area contributed by atoms with Crippen LogP contribution in [0.15, 0.2) is 47.2 Å². The van der Waals surface area contributed by atoms with E-state index in [9.17, 15) is 9.59 Å². The predicted octanol–water partition coefficient (Wildman–Crippen LogP) is 5.61. The molecular formula is C27H30N2O4S2. The zero-order chi connectivity index (χ0) is 24.2. The van der Waals surface area contributed by atoms with E-state index >= 15 is 0 Å². The maximum absolute atomic E-state index is 13.8. The summed E-state index contributed by atoms with van der Waals surface area (Å²) in [7, 11) is 0. The van der Waals surface area contributed by atoms with E-state index < -0.39 is 6.04 Å². The van der Waals surface area contributed by atoms with Gasteiger partial charge in [0.15, 0.2) is 11.5 Å². The van der Waals surface area contributed by atoms with Gasteiger partial charge in [0, 0.05) is 22.3 Å². The second-order valence-corrected chi connectivity index (χ2v) is 11.2. The number of carbonyl (C=O) groups excluding carboxylic acids is 2. The molecule has 1 unspecified atom stereocenters. The number of amides is 2. The Morgan fingerprint density at radius 1 is 1.06 bits per heavy atom. The summed E-state index contributed by atoms with van der Waals surface area (Å²) >= 11 is 3.09. The molecule has 0 bridgehead atoms. The molecule has 1 fully saturated rings. The SMILES string of the molecule is Cc1ccsc1C(C(=O)NC1CCCCC1)N(Cc1ccc2c(c1)OCO2)C(=O)Cc1cccs1. The third-order valence-corrected chi connectivity index (χ3v) is 8.63. The number of benzene rings is 1. The summed E-state index contributed by atoms with van der Waals surface area (Å²) in [4.78, 5) is 31.3. The molecule has 2 amide bonds. The van der Waals surface area contributed by atoms with Gasteiger partial charge in [-0.3, -0.25) is 9.59 Å². The number of rotatable bonds is 8. The van der Waals surface area contributed by atoms with Crippen LogP contribution in [0.3, 0.4) is 0 Å². The van der Waals surface area contributed by atoms with Gasteiger partial charge in [0.05, 0.1) is 6.42 Å². The van der Waals surface area contributed by atoms with Gasteiger partial charge in [-0.25, -0.2) is 0 Å². The average Bonchev–Trinajstić information content (AvgIpc) is 3.62. The molecular weight excluding hydrogens is 480 g/mol. The minimum absolute atomic E-state index is 0.0679. The molecule has 8 heteroatoms. The van der Waals surface area contributed by atoms with Gasteiger partial charge >= 0.3 is 0 Å². The molecule has 35 heavy (non-hydrogen) atoms. The molecule has 1 aliphatic carbocycles. The first-order valence-corrected chi connectivity index (χ1v) is 13.9. The van der Waals surface area contributed by atoms with Gasteiger partial charge in [0.25, 0.3) is 0 Å². The third kappa shape index (κ3) is 5.54. The Balaban J connectivity index is 1.48. The van der Waals surface area contributed by atoms with Crippen molar-refractivity contribution >= 4 is 34.5 Å². The van der Waals surface area contributed by atoms with Crippen molar-refractivity contribution in [3.63, 3.8) is 0 Å². The Morgan fingerprint density at radius 3 is 2.63 bits per heavy atom. The highest BCUT2D eigenvalue weighted by Gasteiger charge is 2.35. The van der Waals surface area contributed by atoms with Crippen LogP contribution in [0, 0.1) is 6.92 Å². The van der Waals surface area contributed by atoms with Gasteiger partial charge in [0.1, 0.15) is 6.04 Å². The Kier molecular flexibility index (Phi) is 7.39. The molecule has 1 aliphatic heterocycles. The fourth-order valence-electron chi connectivity index (χ4n) is 4.82. The molecule has 3 heterocycles. The van der Waals surface area contributed by atoms with Gasteiger partial charge in [0.2, 0.25) is 18.6 Å². The lowest BCUT2D eigenvalue weighted by molar-refractivity contribution is -0.141. The average molecular weight is 511 g/mol. The summed E-state index contributed by atoms with van der Waals surface area (Å²) in [6.07, 6.45) is 5.73. The van der Waals surface area contributed by atoms with Gasteiger partial charge < -0.3 is 19.7 Å². The van der Waals surface area contributed by atoms with E-state index in [4.69, 9.17) is 9.47 Å². The summed E-state index contributed by atoms with van der Waals surface area (Å²) < 4.78 is 11.0. The lowest BCUT2D eigenvalue weighted by Crippen LogP contribution is -2.47. The highest BCUT2D eigenvalue weighted by atomic mass is 32.1. The van der Waals surface area contributed by atoms with Crippen molar-refractivity contribution in [1.82, 2.24) is 10.2 Å². The fourth-order valence-corrected chi connectivity index (χ4v) is 6.55. The van der Waals surface area contributed by atoms with Crippen molar-refractivity contribution in [3.8, 4) is 11.5 Å². The quantitative estimate of drug-likeness (QED) is 0.428. The molecule has 184 valence electrons. The Bertz CT molecular complexity index is 1170. The Labute approximate surface area is 213 Å².